The number of anilines is 3. The Morgan fingerprint density at radius 2 is 1.74 bits per heavy atom. The molecule has 158 valence electrons. The quantitative estimate of drug-likeness (QED) is 0.362. The van der Waals surface area contributed by atoms with E-state index < -0.39 is 11.8 Å². The molecule has 2 aromatic heterocycles. The van der Waals surface area contributed by atoms with Gasteiger partial charge in [0.25, 0.3) is 0 Å². The van der Waals surface area contributed by atoms with E-state index in [9.17, 15) is 9.18 Å². The lowest BCUT2D eigenvalue weighted by Gasteiger charge is -2.19. The number of benzene rings is 2. The van der Waals surface area contributed by atoms with Gasteiger partial charge in [0.15, 0.2) is 5.65 Å². The first-order valence-electron chi connectivity index (χ1n) is 9.80. The molecule has 0 unspecified atom stereocenters. The van der Waals surface area contributed by atoms with Crippen molar-refractivity contribution in [1.82, 2.24) is 15.2 Å². The molecule has 0 saturated heterocycles. The molecule has 0 bridgehead atoms. The first kappa shape index (κ1) is 20.3. The van der Waals surface area contributed by atoms with Crippen LogP contribution in [0.25, 0.3) is 22.2 Å². The lowest BCUT2D eigenvalue weighted by atomic mass is 9.89. The fourth-order valence-corrected chi connectivity index (χ4v) is 3.25. The predicted octanol–water partition coefficient (Wildman–Crippen LogP) is 5.29. The first-order chi connectivity index (χ1) is 14.7. The monoisotopic (exact) mass is 418 g/mol. The number of carbonyl (C=O) groups excluding carboxylic acids is 1. The highest BCUT2D eigenvalue weighted by atomic mass is 19.1. The number of urea groups is 1. The molecule has 7 nitrogen and oxygen atoms in total. The van der Waals surface area contributed by atoms with Crippen LogP contribution in [0.1, 0.15) is 26.5 Å². The molecule has 0 aliphatic heterocycles. The zero-order valence-corrected chi connectivity index (χ0v) is 17.5. The minimum absolute atomic E-state index is 0.160. The van der Waals surface area contributed by atoms with E-state index in [1.54, 1.807) is 18.2 Å². The van der Waals surface area contributed by atoms with Gasteiger partial charge in [0.05, 0.1) is 5.39 Å². The van der Waals surface area contributed by atoms with Crippen LogP contribution in [-0.2, 0) is 5.41 Å². The molecular formula is C23H23FN6O. The van der Waals surface area contributed by atoms with Gasteiger partial charge >= 0.3 is 6.03 Å². The summed E-state index contributed by atoms with van der Waals surface area (Å²) in [5.41, 5.74) is 10.2. The summed E-state index contributed by atoms with van der Waals surface area (Å²) in [5, 5.41) is 13.1. The molecule has 0 atom stereocenters. The summed E-state index contributed by atoms with van der Waals surface area (Å²) in [4.78, 5) is 16.8. The molecule has 5 N–H and O–H groups in total. The molecule has 0 saturated carbocycles. The number of nitrogens with one attached hydrogen (secondary N) is 3. The number of pyridine rings is 1. The number of hydrogen-bond acceptors (Lipinski definition) is 4. The van der Waals surface area contributed by atoms with E-state index in [4.69, 9.17) is 5.73 Å². The van der Waals surface area contributed by atoms with Gasteiger partial charge in [-0.2, -0.15) is 5.10 Å². The van der Waals surface area contributed by atoms with Crippen LogP contribution >= 0.6 is 0 Å². The van der Waals surface area contributed by atoms with Crippen molar-refractivity contribution in [1.29, 1.82) is 0 Å². The van der Waals surface area contributed by atoms with Crippen LogP contribution < -0.4 is 16.4 Å². The summed E-state index contributed by atoms with van der Waals surface area (Å²) < 4.78 is 13.3. The number of fused-ring (bicyclic) bond motifs is 1. The van der Waals surface area contributed by atoms with E-state index in [0.29, 0.717) is 22.8 Å². The Kier molecular flexibility index (Phi) is 5.06. The maximum absolute atomic E-state index is 13.3. The summed E-state index contributed by atoms with van der Waals surface area (Å²) >= 11 is 0. The molecule has 4 rings (SSSR count). The Morgan fingerprint density at radius 1 is 1.03 bits per heavy atom. The van der Waals surface area contributed by atoms with Crippen LogP contribution in [0.15, 0.2) is 54.6 Å². The van der Waals surface area contributed by atoms with E-state index in [0.717, 1.165) is 22.2 Å². The second-order valence-corrected chi connectivity index (χ2v) is 8.31. The lowest BCUT2D eigenvalue weighted by Crippen LogP contribution is -2.19. The van der Waals surface area contributed by atoms with Gasteiger partial charge < -0.3 is 16.4 Å². The van der Waals surface area contributed by atoms with Crippen LogP contribution in [0, 0.1) is 5.82 Å². The Morgan fingerprint density at radius 3 is 2.42 bits per heavy atom. The summed E-state index contributed by atoms with van der Waals surface area (Å²) in [7, 11) is 0. The van der Waals surface area contributed by atoms with Gasteiger partial charge in [-0.3, -0.25) is 5.10 Å². The molecule has 2 heterocycles. The number of nitrogens with two attached hydrogens (primary N) is 1. The molecule has 0 spiro atoms. The number of aromatic nitrogens is 3. The van der Waals surface area contributed by atoms with E-state index >= 15 is 0 Å². The zero-order valence-electron chi connectivity index (χ0n) is 17.5. The molecular weight excluding hydrogens is 395 g/mol. The van der Waals surface area contributed by atoms with E-state index in [1.165, 1.54) is 18.2 Å². The average Bonchev–Trinajstić information content (AvgIpc) is 3.08. The van der Waals surface area contributed by atoms with Crippen molar-refractivity contribution < 1.29 is 9.18 Å². The van der Waals surface area contributed by atoms with E-state index in [-0.39, 0.29) is 5.41 Å². The fourth-order valence-electron chi connectivity index (χ4n) is 3.25. The van der Waals surface area contributed by atoms with Crippen LogP contribution in [-0.4, -0.2) is 21.2 Å². The maximum atomic E-state index is 13.3. The van der Waals surface area contributed by atoms with E-state index in [2.05, 4.69) is 46.6 Å². The third-order valence-corrected chi connectivity index (χ3v) is 4.86. The normalized spacial score (nSPS) is 11.5. The van der Waals surface area contributed by atoms with Gasteiger partial charge in [0.1, 0.15) is 11.6 Å². The third-order valence-electron chi connectivity index (χ3n) is 4.86. The third kappa shape index (κ3) is 4.32. The van der Waals surface area contributed by atoms with Crippen molar-refractivity contribution in [2.75, 3.05) is 16.4 Å². The molecule has 8 heteroatoms. The molecule has 0 aliphatic carbocycles. The average molecular weight is 418 g/mol. The second-order valence-electron chi connectivity index (χ2n) is 8.31. The van der Waals surface area contributed by atoms with Gasteiger partial charge in [-0.25, -0.2) is 14.2 Å². The van der Waals surface area contributed by atoms with Gasteiger partial charge in [-0.05, 0) is 47.5 Å². The maximum Gasteiger partial charge on any atom is 0.323 e. The van der Waals surface area contributed by atoms with Crippen LogP contribution in [0.3, 0.4) is 0 Å². The highest BCUT2D eigenvalue weighted by molar-refractivity contribution is 6.01. The standard InChI is InChI=1S/C23H23FN6O/c1-23(2,3)18-12-17(19-20(25)29-30-21(19)28-18)13-7-9-15(10-8-13)26-22(31)27-16-6-4-5-14(24)11-16/h4-12H,1-3H3,(H2,26,27,31)(H3,25,28,29,30). The van der Waals surface area contributed by atoms with Gasteiger partial charge in [0, 0.05) is 22.5 Å². The molecule has 4 aromatic rings. The first-order valence-corrected chi connectivity index (χ1v) is 9.80. The Balaban J connectivity index is 1.60. The predicted molar refractivity (Wildman–Crippen MR) is 121 cm³/mol. The summed E-state index contributed by atoms with van der Waals surface area (Å²) in [6, 6.07) is 14.6. The molecule has 2 aromatic carbocycles. The van der Waals surface area contributed by atoms with Crippen molar-refractivity contribution in [2.24, 2.45) is 0 Å². The number of hydrogen-bond donors (Lipinski definition) is 4. The molecule has 0 aliphatic rings. The van der Waals surface area contributed by atoms with Crippen molar-refractivity contribution in [2.45, 2.75) is 26.2 Å². The summed E-state index contributed by atoms with van der Waals surface area (Å²) in [5.74, 6) is 0.0357. The smallest absolute Gasteiger partial charge is 0.323 e. The number of carbonyl (C=O) groups is 1. The second kappa shape index (κ2) is 7.71. The molecule has 2 amide bonds. The largest absolute Gasteiger partial charge is 0.383 e. The molecule has 0 fully saturated rings. The Bertz CT molecular complexity index is 1260. The minimum atomic E-state index is -0.459. The van der Waals surface area contributed by atoms with Crippen LogP contribution in [0.4, 0.5) is 26.4 Å². The number of H-pyrrole nitrogens is 1. The van der Waals surface area contributed by atoms with Gasteiger partial charge in [0.2, 0.25) is 0 Å². The van der Waals surface area contributed by atoms with Crippen molar-refractivity contribution in [3.8, 4) is 11.1 Å². The number of nitrogen functional groups attached to an aromatic ring is 1. The number of nitrogens with zero attached hydrogens (tertiary/aromatic N) is 2. The van der Waals surface area contributed by atoms with Crippen molar-refractivity contribution in [3.05, 3.63) is 66.1 Å². The van der Waals surface area contributed by atoms with Gasteiger partial charge in [-0.15, -0.1) is 0 Å². The fraction of sp³-hybridized carbons (Fsp3) is 0.174. The van der Waals surface area contributed by atoms with Crippen molar-refractivity contribution >= 4 is 34.3 Å². The molecule has 31 heavy (non-hydrogen) atoms. The summed E-state index contributed by atoms with van der Waals surface area (Å²) in [6.07, 6.45) is 0. The minimum Gasteiger partial charge on any atom is -0.383 e. The topological polar surface area (TPSA) is 109 Å². The Hall–Kier alpha value is -3.94. The van der Waals surface area contributed by atoms with Gasteiger partial charge in [-0.1, -0.05) is 39.0 Å². The van der Waals surface area contributed by atoms with Crippen LogP contribution in [0.2, 0.25) is 0 Å². The summed E-state index contributed by atoms with van der Waals surface area (Å²) in [6.45, 7) is 6.27. The number of halogens is 1. The van der Waals surface area contributed by atoms with E-state index in [1.807, 2.05) is 18.2 Å². The highest BCUT2D eigenvalue weighted by Crippen LogP contribution is 2.34. The van der Waals surface area contributed by atoms with Crippen LogP contribution in [0.5, 0.6) is 0 Å². The number of aromatic amines is 1. The zero-order chi connectivity index (χ0) is 22.2. The highest BCUT2D eigenvalue weighted by Gasteiger charge is 2.21. The number of rotatable bonds is 3. The molecule has 0 radical (unpaired) electrons. The SMILES string of the molecule is CC(C)(C)c1cc(-c2ccc(NC(=O)Nc3cccc(F)c3)cc2)c2c(N)[nH]nc2n1. The van der Waals surface area contributed by atoms with Crippen molar-refractivity contribution in [3.63, 3.8) is 0 Å². The number of amides is 2. The lowest BCUT2D eigenvalue weighted by molar-refractivity contribution is 0.262. The Labute approximate surface area is 178 Å².